The van der Waals surface area contributed by atoms with Gasteiger partial charge in [0.05, 0.1) is 51.7 Å². The van der Waals surface area contributed by atoms with E-state index in [2.05, 4.69) is 0 Å². The quantitative estimate of drug-likeness (QED) is 0.134. The zero-order chi connectivity index (χ0) is 39.4. The van der Waals surface area contributed by atoms with E-state index < -0.39 is 48.9 Å². The van der Waals surface area contributed by atoms with Gasteiger partial charge in [0.15, 0.2) is 23.0 Å². The van der Waals surface area contributed by atoms with E-state index in [1.807, 2.05) is 0 Å². The molecule has 4 rings (SSSR count). The minimum Gasteiger partial charge on any atom is -0.450 e. The smallest absolute Gasteiger partial charge is 0.450 e. The van der Waals surface area contributed by atoms with Crippen LogP contribution < -0.4 is 18.9 Å². The van der Waals surface area contributed by atoms with Crippen molar-refractivity contribution in [3.63, 3.8) is 0 Å². The minimum absolute atomic E-state index is 0.00755. The van der Waals surface area contributed by atoms with Crippen molar-refractivity contribution in [2.24, 2.45) is 0 Å². The summed E-state index contributed by atoms with van der Waals surface area (Å²) < 4.78 is 52.6. The molecule has 54 heavy (non-hydrogen) atoms. The highest BCUT2D eigenvalue weighted by atomic mass is 16.8. The number of nitrogens with zero attached hydrogens (tertiary/aromatic N) is 2. The summed E-state index contributed by atoms with van der Waals surface area (Å²) in [6, 6.07) is 3.57. The number of benzene rings is 2. The first-order valence-corrected chi connectivity index (χ1v) is 17.6. The van der Waals surface area contributed by atoms with E-state index in [1.165, 1.54) is 34.1 Å². The number of carbonyl (C=O) groups is 6. The summed E-state index contributed by atoms with van der Waals surface area (Å²) in [5.74, 6) is -0.833. The number of hydrogen-bond acceptors (Lipinski definition) is 16. The van der Waals surface area contributed by atoms with Crippen LogP contribution in [-0.2, 0) is 41.3 Å². The predicted molar refractivity (Wildman–Crippen MR) is 184 cm³/mol. The Labute approximate surface area is 311 Å². The maximum Gasteiger partial charge on any atom is 0.513 e. The van der Waals surface area contributed by atoms with Crippen LogP contribution in [0.15, 0.2) is 24.3 Å². The van der Waals surface area contributed by atoms with Crippen LogP contribution in [0.3, 0.4) is 0 Å². The topological polar surface area (TPSA) is 201 Å². The Balaban J connectivity index is 2.01. The molecule has 2 aromatic rings. The summed E-state index contributed by atoms with van der Waals surface area (Å²) in [6.45, 7) is 9.73. The zero-order valence-electron chi connectivity index (χ0n) is 31.0. The van der Waals surface area contributed by atoms with Crippen molar-refractivity contribution in [2.75, 3.05) is 52.7 Å². The lowest BCUT2D eigenvalue weighted by molar-refractivity contribution is 0.0337. The summed E-state index contributed by atoms with van der Waals surface area (Å²) in [6.07, 6.45) is -5.35. The van der Waals surface area contributed by atoms with Crippen LogP contribution >= 0.6 is 0 Å². The summed E-state index contributed by atoms with van der Waals surface area (Å²) >= 11 is 0. The molecule has 2 atom stereocenters. The molecule has 2 aromatic carbocycles. The van der Waals surface area contributed by atoms with Crippen molar-refractivity contribution in [2.45, 2.75) is 66.5 Å². The van der Waals surface area contributed by atoms with E-state index in [0.717, 1.165) is 0 Å². The van der Waals surface area contributed by atoms with Gasteiger partial charge in [0.25, 0.3) is 0 Å². The molecule has 0 radical (unpaired) electrons. The number of hydrogen-bond donors (Lipinski definition) is 0. The Morgan fingerprint density at radius 2 is 0.741 bits per heavy atom. The SMILES string of the molecule is CCOC(=O)Oc1cc2c(cc1OC(=O)OCC)[C@H]([C@@H]1c3cc(OC(=O)OCC)c(OC(=O)OCC)cc3CCN1C(=O)OCC)N(C(=O)OCC)CC2. The van der Waals surface area contributed by atoms with Crippen LogP contribution in [0.5, 0.6) is 23.0 Å². The third-order valence-corrected chi connectivity index (χ3v) is 8.09. The summed E-state index contributed by atoms with van der Waals surface area (Å²) in [7, 11) is 0. The first kappa shape index (κ1) is 40.8. The molecule has 0 saturated heterocycles. The number of carbonyl (C=O) groups excluding carboxylic acids is 6. The van der Waals surface area contributed by atoms with Gasteiger partial charge in [-0.3, -0.25) is 9.80 Å². The molecular formula is C36H44N2O16. The molecule has 2 amide bonds. The van der Waals surface area contributed by atoms with Gasteiger partial charge in [-0.25, -0.2) is 28.8 Å². The van der Waals surface area contributed by atoms with Crippen molar-refractivity contribution < 1.29 is 76.1 Å². The summed E-state index contributed by atoms with van der Waals surface area (Å²) in [4.78, 5) is 80.4. The van der Waals surface area contributed by atoms with E-state index in [9.17, 15) is 28.8 Å². The van der Waals surface area contributed by atoms with Gasteiger partial charge in [0.1, 0.15) is 0 Å². The van der Waals surface area contributed by atoms with Crippen molar-refractivity contribution >= 4 is 36.8 Å². The van der Waals surface area contributed by atoms with E-state index in [-0.39, 0.29) is 88.6 Å². The molecule has 18 nitrogen and oxygen atoms in total. The molecule has 0 unspecified atom stereocenters. The maximum atomic E-state index is 13.7. The average Bonchev–Trinajstić information content (AvgIpc) is 3.12. The van der Waals surface area contributed by atoms with Gasteiger partial charge in [0.2, 0.25) is 0 Å². The van der Waals surface area contributed by atoms with Crippen LogP contribution in [-0.4, -0.2) is 99.3 Å². The molecule has 0 fully saturated rings. The summed E-state index contributed by atoms with van der Waals surface area (Å²) in [5, 5.41) is 0. The molecule has 2 aliphatic rings. The van der Waals surface area contributed by atoms with Gasteiger partial charge in [-0.05, 0) is 101 Å². The molecule has 0 spiro atoms. The van der Waals surface area contributed by atoms with Crippen LogP contribution in [0.4, 0.5) is 28.8 Å². The normalized spacial score (nSPS) is 15.7. The highest BCUT2D eigenvalue weighted by Gasteiger charge is 2.46. The highest BCUT2D eigenvalue weighted by molar-refractivity contribution is 5.75. The fourth-order valence-electron chi connectivity index (χ4n) is 6.09. The van der Waals surface area contributed by atoms with Gasteiger partial charge in [-0.15, -0.1) is 0 Å². The fourth-order valence-corrected chi connectivity index (χ4v) is 6.09. The van der Waals surface area contributed by atoms with Crippen molar-refractivity contribution in [1.82, 2.24) is 9.80 Å². The fraction of sp³-hybridized carbons (Fsp3) is 0.500. The Morgan fingerprint density at radius 3 is 1.02 bits per heavy atom. The lowest BCUT2D eigenvalue weighted by Crippen LogP contribution is -2.50. The molecule has 294 valence electrons. The third kappa shape index (κ3) is 9.73. The largest absolute Gasteiger partial charge is 0.513 e. The van der Waals surface area contributed by atoms with Gasteiger partial charge < -0.3 is 47.4 Å². The molecule has 0 bridgehead atoms. The lowest BCUT2D eigenvalue weighted by atomic mass is 9.80. The van der Waals surface area contributed by atoms with Crippen LogP contribution in [0.25, 0.3) is 0 Å². The Bertz CT molecular complexity index is 1590. The standard InChI is InChI=1S/C36H44N2O16/c1-7-45-31(39)37-15-13-21-17-25(51-33(41)47-9-3)27(53-35(43)49-11-5)19-23(21)29(37)30-24-20-28(54-36(44)50-12-6)26(52-34(42)48-10-4)18-22(24)14-16-38(30)32(40)46-8-2/h17-20,29-30H,7-16H2,1-6H3/t29-,30+. The predicted octanol–water partition coefficient (Wildman–Crippen LogP) is 6.64. The van der Waals surface area contributed by atoms with Gasteiger partial charge >= 0.3 is 36.8 Å². The van der Waals surface area contributed by atoms with Gasteiger partial charge in [-0.1, -0.05) is 0 Å². The van der Waals surface area contributed by atoms with E-state index in [1.54, 1.807) is 41.5 Å². The van der Waals surface area contributed by atoms with E-state index >= 15 is 0 Å². The van der Waals surface area contributed by atoms with Gasteiger partial charge in [-0.2, -0.15) is 0 Å². The van der Waals surface area contributed by atoms with Crippen molar-refractivity contribution in [1.29, 1.82) is 0 Å². The zero-order valence-corrected chi connectivity index (χ0v) is 31.0. The van der Waals surface area contributed by atoms with E-state index in [4.69, 9.17) is 47.4 Å². The highest BCUT2D eigenvalue weighted by Crippen LogP contribution is 2.50. The second-order valence-corrected chi connectivity index (χ2v) is 11.3. The number of ether oxygens (including phenoxy) is 10. The third-order valence-electron chi connectivity index (χ3n) is 8.09. The Morgan fingerprint density at radius 1 is 0.463 bits per heavy atom. The molecule has 2 aliphatic heterocycles. The molecule has 0 aliphatic carbocycles. The maximum absolute atomic E-state index is 13.7. The van der Waals surface area contributed by atoms with Gasteiger partial charge in [0, 0.05) is 13.1 Å². The second-order valence-electron chi connectivity index (χ2n) is 11.3. The summed E-state index contributed by atoms with van der Waals surface area (Å²) in [5.41, 5.74) is 1.85. The minimum atomic E-state index is -1.10. The molecular weight excluding hydrogens is 716 g/mol. The number of rotatable bonds is 11. The molecule has 0 saturated carbocycles. The second kappa shape index (κ2) is 19.2. The lowest BCUT2D eigenvalue weighted by Gasteiger charge is -2.47. The number of fused-ring (bicyclic) bond motifs is 2. The Kier molecular flexibility index (Phi) is 14.5. The first-order valence-electron chi connectivity index (χ1n) is 17.6. The molecule has 0 aromatic heterocycles. The monoisotopic (exact) mass is 760 g/mol. The van der Waals surface area contributed by atoms with Crippen LogP contribution in [0.1, 0.15) is 75.9 Å². The van der Waals surface area contributed by atoms with E-state index in [0.29, 0.717) is 22.3 Å². The molecule has 0 N–H and O–H groups in total. The average molecular weight is 761 g/mol. The first-order chi connectivity index (χ1) is 26.0. The van der Waals surface area contributed by atoms with Crippen molar-refractivity contribution in [3.8, 4) is 23.0 Å². The number of amides is 2. The van der Waals surface area contributed by atoms with Crippen LogP contribution in [0, 0.1) is 0 Å². The van der Waals surface area contributed by atoms with Crippen molar-refractivity contribution in [3.05, 3.63) is 46.5 Å². The van der Waals surface area contributed by atoms with Crippen LogP contribution in [0.2, 0.25) is 0 Å². The molecule has 2 heterocycles. The Hall–Kier alpha value is -5.94. The molecule has 18 heteroatoms.